The Morgan fingerprint density at radius 1 is 0.667 bits per heavy atom. The fourth-order valence-electron chi connectivity index (χ4n) is 5.47. The van der Waals surface area contributed by atoms with Crippen LogP contribution in [-0.4, -0.2) is 170 Å². The van der Waals surface area contributed by atoms with Crippen LogP contribution in [-0.2, 0) is 33.2 Å². The summed E-state index contributed by atoms with van der Waals surface area (Å²) < 4.78 is 40.4. The van der Waals surface area contributed by atoms with Crippen LogP contribution in [0.1, 0.15) is 34.6 Å². The monoisotopic (exact) mass is 616 g/mol. The first-order valence-corrected chi connectivity index (χ1v) is 13.9. The minimum atomic E-state index is -1.83. The van der Waals surface area contributed by atoms with E-state index in [1.807, 2.05) is 0 Å². The van der Waals surface area contributed by atoms with Gasteiger partial charge in [-0.3, -0.25) is 0 Å². The van der Waals surface area contributed by atoms with Crippen LogP contribution < -0.4 is 0 Å². The standard InChI is InChI=1S/C26H48O16/c1-25(2,3)42-24-18(35)21(41-22-15(32)13(26(4,5)36-6)19(39-22)10(30)7-27)20(12(9-29)38-24)40-23-17(34)16(33)14(31)11(8-28)37-23/h10-24,27-35H,7-9H2,1-6H3/t10-,11?,12?,13?,14+,15?,16?,17?,18?,19+,20+,21?,22+,23-,24-/m1/s1. The molecule has 0 aromatic rings. The molecule has 3 fully saturated rings. The van der Waals surface area contributed by atoms with E-state index in [2.05, 4.69) is 0 Å². The molecule has 16 heteroatoms. The van der Waals surface area contributed by atoms with Gasteiger partial charge in [-0.15, -0.1) is 0 Å². The van der Waals surface area contributed by atoms with Gasteiger partial charge in [0.25, 0.3) is 0 Å². The zero-order valence-corrected chi connectivity index (χ0v) is 24.7. The zero-order chi connectivity index (χ0) is 31.7. The summed E-state index contributed by atoms with van der Waals surface area (Å²) in [7, 11) is 1.40. The van der Waals surface area contributed by atoms with E-state index in [0.29, 0.717) is 0 Å². The summed E-state index contributed by atoms with van der Waals surface area (Å²) in [4.78, 5) is 0. The quantitative estimate of drug-likeness (QED) is 0.107. The lowest BCUT2D eigenvalue weighted by atomic mass is 9.81. The van der Waals surface area contributed by atoms with Crippen LogP contribution in [0.2, 0.25) is 0 Å². The van der Waals surface area contributed by atoms with E-state index >= 15 is 0 Å². The molecular weight excluding hydrogens is 568 g/mol. The van der Waals surface area contributed by atoms with Gasteiger partial charge in [-0.05, 0) is 34.6 Å². The molecule has 3 saturated heterocycles. The average molecular weight is 617 g/mol. The SMILES string of the molecule is COC(C)(C)C1C(O)[C@H](OC2C(O)[C@@H](OC(C)(C)C)OC(CO)[C@@H]2O[C@H]2OC(CO)[C@H](O)C(O)C2O)O[C@H]1[C@H](O)CO. The number of hydrogen-bond acceptors (Lipinski definition) is 16. The molecule has 0 aliphatic carbocycles. The molecule has 16 nitrogen and oxygen atoms in total. The lowest BCUT2D eigenvalue weighted by Gasteiger charge is -2.48. The molecule has 0 aromatic carbocycles. The molecule has 8 unspecified atom stereocenters. The Hall–Kier alpha value is -0.640. The summed E-state index contributed by atoms with van der Waals surface area (Å²) >= 11 is 0. The Bertz CT molecular complexity index is 838. The second-order valence-corrected chi connectivity index (χ2v) is 12.4. The number of aliphatic hydroxyl groups is 9. The van der Waals surface area contributed by atoms with Crippen molar-refractivity contribution in [2.45, 2.75) is 132 Å². The van der Waals surface area contributed by atoms with Crippen molar-refractivity contribution in [3.63, 3.8) is 0 Å². The third-order valence-corrected chi connectivity index (χ3v) is 7.88. The van der Waals surface area contributed by atoms with Crippen LogP contribution in [0.5, 0.6) is 0 Å². The smallest absolute Gasteiger partial charge is 0.187 e. The fourth-order valence-corrected chi connectivity index (χ4v) is 5.47. The van der Waals surface area contributed by atoms with Gasteiger partial charge in [0, 0.05) is 13.0 Å². The van der Waals surface area contributed by atoms with Crippen molar-refractivity contribution in [1.29, 1.82) is 0 Å². The van der Waals surface area contributed by atoms with Crippen molar-refractivity contribution >= 4 is 0 Å². The Balaban J connectivity index is 1.96. The van der Waals surface area contributed by atoms with Crippen molar-refractivity contribution in [3.8, 4) is 0 Å². The minimum Gasteiger partial charge on any atom is -0.394 e. The van der Waals surface area contributed by atoms with Gasteiger partial charge >= 0.3 is 0 Å². The first-order chi connectivity index (χ1) is 19.5. The number of aliphatic hydroxyl groups excluding tert-OH is 9. The largest absolute Gasteiger partial charge is 0.394 e. The van der Waals surface area contributed by atoms with Crippen molar-refractivity contribution in [3.05, 3.63) is 0 Å². The van der Waals surface area contributed by atoms with Gasteiger partial charge in [0.2, 0.25) is 0 Å². The van der Waals surface area contributed by atoms with E-state index in [4.69, 9.17) is 33.2 Å². The number of rotatable bonds is 11. The van der Waals surface area contributed by atoms with Crippen LogP contribution in [0.3, 0.4) is 0 Å². The molecule has 15 atom stereocenters. The lowest BCUT2D eigenvalue weighted by molar-refractivity contribution is -0.380. The van der Waals surface area contributed by atoms with Gasteiger partial charge in [0.1, 0.15) is 61.0 Å². The van der Waals surface area contributed by atoms with Crippen LogP contribution in [0, 0.1) is 5.92 Å². The van der Waals surface area contributed by atoms with Gasteiger partial charge in [0.15, 0.2) is 18.9 Å². The maximum absolute atomic E-state index is 11.4. The molecule has 3 aliphatic heterocycles. The Labute approximate surface area is 244 Å². The summed E-state index contributed by atoms with van der Waals surface area (Å²) in [5, 5.41) is 93.5. The highest BCUT2D eigenvalue weighted by Gasteiger charge is 2.58. The van der Waals surface area contributed by atoms with E-state index in [9.17, 15) is 46.0 Å². The molecule has 0 spiro atoms. The molecule has 3 rings (SSSR count). The minimum absolute atomic E-state index is 0.697. The molecular formula is C26H48O16. The van der Waals surface area contributed by atoms with Gasteiger partial charge in [0.05, 0.1) is 37.1 Å². The average Bonchev–Trinajstić information content (AvgIpc) is 3.27. The highest BCUT2D eigenvalue weighted by molar-refractivity contribution is 5.01. The van der Waals surface area contributed by atoms with Crippen LogP contribution in [0.4, 0.5) is 0 Å². The van der Waals surface area contributed by atoms with Crippen molar-refractivity contribution in [1.82, 2.24) is 0 Å². The molecule has 0 radical (unpaired) electrons. The normalized spacial score (nSPS) is 44.4. The predicted octanol–water partition coefficient (Wildman–Crippen LogP) is -4.07. The summed E-state index contributed by atoms with van der Waals surface area (Å²) in [5.74, 6) is -0.924. The number of hydrogen-bond donors (Lipinski definition) is 9. The molecule has 0 amide bonds. The molecule has 42 heavy (non-hydrogen) atoms. The summed E-state index contributed by atoms with van der Waals surface area (Å²) in [6, 6.07) is 0. The van der Waals surface area contributed by atoms with Crippen molar-refractivity contribution in [2.75, 3.05) is 26.9 Å². The van der Waals surface area contributed by atoms with Crippen molar-refractivity contribution in [2.24, 2.45) is 5.92 Å². The molecule has 9 N–H and O–H groups in total. The first-order valence-electron chi connectivity index (χ1n) is 13.9. The van der Waals surface area contributed by atoms with Gasteiger partial charge in [-0.2, -0.15) is 0 Å². The molecule has 0 aromatic heterocycles. The molecule has 0 saturated carbocycles. The highest BCUT2D eigenvalue weighted by Crippen LogP contribution is 2.41. The second kappa shape index (κ2) is 14.2. The van der Waals surface area contributed by atoms with E-state index in [1.54, 1.807) is 34.6 Å². The fraction of sp³-hybridized carbons (Fsp3) is 1.00. The third kappa shape index (κ3) is 7.59. The number of ether oxygens (including phenoxy) is 7. The predicted molar refractivity (Wildman–Crippen MR) is 138 cm³/mol. The third-order valence-electron chi connectivity index (χ3n) is 7.88. The molecule has 248 valence electrons. The van der Waals surface area contributed by atoms with E-state index in [1.165, 1.54) is 7.11 Å². The van der Waals surface area contributed by atoms with Crippen LogP contribution in [0.25, 0.3) is 0 Å². The Morgan fingerprint density at radius 3 is 1.74 bits per heavy atom. The highest BCUT2D eigenvalue weighted by atomic mass is 16.8. The van der Waals surface area contributed by atoms with E-state index < -0.39 is 123 Å². The lowest BCUT2D eigenvalue weighted by Crippen LogP contribution is -2.66. The van der Waals surface area contributed by atoms with E-state index in [-0.39, 0.29) is 0 Å². The summed E-state index contributed by atoms with van der Waals surface area (Å²) in [6.45, 7) is 6.25. The maximum Gasteiger partial charge on any atom is 0.187 e. The summed E-state index contributed by atoms with van der Waals surface area (Å²) in [5.41, 5.74) is -1.92. The molecule has 3 heterocycles. The second-order valence-electron chi connectivity index (χ2n) is 12.4. The zero-order valence-electron chi connectivity index (χ0n) is 24.7. The van der Waals surface area contributed by atoms with Crippen LogP contribution >= 0.6 is 0 Å². The molecule has 3 aliphatic rings. The van der Waals surface area contributed by atoms with Crippen LogP contribution in [0.15, 0.2) is 0 Å². The van der Waals surface area contributed by atoms with Crippen molar-refractivity contribution < 1.29 is 79.1 Å². The molecule has 0 bridgehead atoms. The Morgan fingerprint density at radius 2 is 1.21 bits per heavy atom. The topological polar surface area (TPSA) is 247 Å². The van der Waals surface area contributed by atoms with Gasteiger partial charge in [-0.1, -0.05) is 0 Å². The Kier molecular flexibility index (Phi) is 12.1. The van der Waals surface area contributed by atoms with Gasteiger partial charge in [-0.25, -0.2) is 0 Å². The maximum atomic E-state index is 11.4. The summed E-state index contributed by atoms with van der Waals surface area (Å²) in [6.07, 6.45) is -21.2. The number of methoxy groups -OCH3 is 1. The first kappa shape index (κ1) is 35.8. The van der Waals surface area contributed by atoms with E-state index in [0.717, 1.165) is 0 Å². The van der Waals surface area contributed by atoms with Gasteiger partial charge < -0.3 is 79.1 Å².